The zero-order valence-electron chi connectivity index (χ0n) is 14.0. The number of ether oxygens (including phenoxy) is 1. The number of esters is 1. The van der Waals surface area contributed by atoms with E-state index in [1.807, 2.05) is 34.6 Å². The summed E-state index contributed by atoms with van der Waals surface area (Å²) >= 11 is 0. The minimum Gasteiger partial charge on any atom is -0.469 e. The summed E-state index contributed by atoms with van der Waals surface area (Å²) in [6.45, 7) is 12.2. The summed E-state index contributed by atoms with van der Waals surface area (Å²) in [5, 5.41) is 0. The SMILES string of the molecule is CCCC[C@@H](B1OC(C)(C)C(C)(C)O1)[C@@H](C)C(=O)OC. The highest BCUT2D eigenvalue weighted by Gasteiger charge is 2.55. The van der Waals surface area contributed by atoms with Gasteiger partial charge in [0, 0.05) is 5.82 Å². The Morgan fingerprint density at radius 2 is 1.70 bits per heavy atom. The van der Waals surface area contributed by atoms with Crippen LogP contribution in [0.2, 0.25) is 5.82 Å². The van der Waals surface area contributed by atoms with Gasteiger partial charge in [-0.3, -0.25) is 4.79 Å². The van der Waals surface area contributed by atoms with E-state index < -0.39 is 0 Å². The van der Waals surface area contributed by atoms with Crippen LogP contribution in [0.1, 0.15) is 60.8 Å². The molecule has 0 aromatic heterocycles. The van der Waals surface area contributed by atoms with E-state index in [1.54, 1.807) is 0 Å². The van der Waals surface area contributed by atoms with Crippen LogP contribution in [-0.4, -0.2) is 31.4 Å². The van der Waals surface area contributed by atoms with E-state index in [0.717, 1.165) is 19.3 Å². The van der Waals surface area contributed by atoms with Gasteiger partial charge >= 0.3 is 13.1 Å². The van der Waals surface area contributed by atoms with Crippen molar-refractivity contribution in [1.82, 2.24) is 0 Å². The van der Waals surface area contributed by atoms with Gasteiger partial charge in [0.05, 0.1) is 24.2 Å². The van der Waals surface area contributed by atoms with E-state index in [-0.39, 0.29) is 36.0 Å². The molecule has 1 aliphatic rings. The van der Waals surface area contributed by atoms with Crippen molar-refractivity contribution in [1.29, 1.82) is 0 Å². The molecule has 1 saturated heterocycles. The van der Waals surface area contributed by atoms with Crippen molar-refractivity contribution in [3.05, 3.63) is 0 Å². The van der Waals surface area contributed by atoms with Crippen LogP contribution in [0.5, 0.6) is 0 Å². The molecule has 0 radical (unpaired) electrons. The lowest BCUT2D eigenvalue weighted by Gasteiger charge is -2.32. The molecule has 2 atom stereocenters. The molecule has 1 aliphatic heterocycles. The van der Waals surface area contributed by atoms with Crippen molar-refractivity contribution >= 4 is 13.1 Å². The molecule has 0 amide bonds. The van der Waals surface area contributed by atoms with E-state index in [1.165, 1.54) is 7.11 Å². The highest BCUT2D eigenvalue weighted by Crippen LogP contribution is 2.43. The maximum Gasteiger partial charge on any atom is 0.462 e. The van der Waals surface area contributed by atoms with Gasteiger partial charge in [-0.15, -0.1) is 0 Å². The van der Waals surface area contributed by atoms with Gasteiger partial charge in [0.1, 0.15) is 0 Å². The molecule has 0 spiro atoms. The molecule has 0 unspecified atom stereocenters. The predicted molar refractivity (Wildman–Crippen MR) is 80.5 cm³/mol. The van der Waals surface area contributed by atoms with E-state index in [0.29, 0.717) is 0 Å². The Kier molecular flexibility index (Phi) is 5.67. The molecule has 0 aliphatic carbocycles. The summed E-state index contributed by atoms with van der Waals surface area (Å²) < 4.78 is 17.1. The standard InChI is InChI=1S/C15H29BO4/c1-8-9-10-12(11(2)13(17)18-7)16-19-14(3,4)15(5,6)20-16/h11-12H,8-10H2,1-7H3/t11-,12-/m1/s1. The zero-order chi connectivity index (χ0) is 15.6. The van der Waals surface area contributed by atoms with Gasteiger partial charge in [0.2, 0.25) is 0 Å². The number of methoxy groups -OCH3 is 1. The average molecular weight is 284 g/mol. The van der Waals surface area contributed by atoms with Crippen molar-refractivity contribution in [3.63, 3.8) is 0 Å². The molecule has 0 N–H and O–H groups in total. The van der Waals surface area contributed by atoms with E-state index in [9.17, 15) is 4.79 Å². The first kappa shape index (κ1) is 17.5. The van der Waals surface area contributed by atoms with Gasteiger partial charge in [-0.25, -0.2) is 0 Å². The molecule has 116 valence electrons. The second kappa shape index (κ2) is 6.48. The second-order valence-electron chi connectivity index (χ2n) is 6.74. The van der Waals surface area contributed by atoms with Gasteiger partial charge in [0.25, 0.3) is 0 Å². The first-order chi connectivity index (χ1) is 9.16. The first-order valence-electron chi connectivity index (χ1n) is 7.59. The van der Waals surface area contributed by atoms with Crippen LogP contribution in [0.25, 0.3) is 0 Å². The van der Waals surface area contributed by atoms with Crippen molar-refractivity contribution < 1.29 is 18.8 Å². The summed E-state index contributed by atoms with van der Waals surface area (Å²) in [5.41, 5.74) is -0.726. The fourth-order valence-electron chi connectivity index (χ4n) is 2.49. The smallest absolute Gasteiger partial charge is 0.462 e. The minimum absolute atomic E-state index is 0.0310. The third kappa shape index (κ3) is 3.56. The number of rotatable bonds is 6. The third-order valence-corrected chi connectivity index (χ3v) is 4.73. The molecule has 0 bridgehead atoms. The topological polar surface area (TPSA) is 44.8 Å². The molecule has 20 heavy (non-hydrogen) atoms. The van der Waals surface area contributed by atoms with Crippen molar-refractivity contribution in [2.24, 2.45) is 5.92 Å². The van der Waals surface area contributed by atoms with Crippen LogP contribution < -0.4 is 0 Å². The zero-order valence-corrected chi connectivity index (χ0v) is 14.0. The summed E-state index contributed by atoms with van der Waals surface area (Å²) in [5.74, 6) is -0.384. The van der Waals surface area contributed by atoms with Gasteiger partial charge in [0.15, 0.2) is 0 Å². The molecule has 1 fully saturated rings. The lowest BCUT2D eigenvalue weighted by Crippen LogP contribution is -2.41. The lowest BCUT2D eigenvalue weighted by atomic mass is 9.63. The normalized spacial score (nSPS) is 23.4. The molecular weight excluding hydrogens is 255 g/mol. The Balaban J connectivity index is 2.87. The van der Waals surface area contributed by atoms with Gasteiger partial charge in [-0.05, 0) is 27.7 Å². The van der Waals surface area contributed by atoms with Crippen molar-refractivity contribution in [3.8, 4) is 0 Å². The Morgan fingerprint density at radius 3 is 2.10 bits per heavy atom. The minimum atomic E-state index is -0.363. The average Bonchev–Trinajstić information content (AvgIpc) is 2.57. The van der Waals surface area contributed by atoms with E-state index in [2.05, 4.69) is 6.92 Å². The van der Waals surface area contributed by atoms with Crippen LogP contribution in [0.4, 0.5) is 0 Å². The van der Waals surface area contributed by atoms with Crippen LogP contribution in [0.15, 0.2) is 0 Å². The molecular formula is C15H29BO4. The van der Waals surface area contributed by atoms with E-state index in [4.69, 9.17) is 14.0 Å². The number of carbonyl (C=O) groups excluding carboxylic acids is 1. The Hall–Kier alpha value is -0.545. The first-order valence-corrected chi connectivity index (χ1v) is 7.59. The second-order valence-corrected chi connectivity index (χ2v) is 6.74. The van der Waals surface area contributed by atoms with Crippen LogP contribution >= 0.6 is 0 Å². The number of carbonyl (C=O) groups is 1. The Labute approximate surface area is 123 Å². The van der Waals surface area contributed by atoms with Crippen molar-refractivity contribution in [2.45, 2.75) is 77.8 Å². The highest BCUT2D eigenvalue weighted by molar-refractivity contribution is 6.48. The van der Waals surface area contributed by atoms with Gasteiger partial charge in [-0.2, -0.15) is 0 Å². The molecule has 5 heteroatoms. The quantitative estimate of drug-likeness (QED) is 0.553. The fourth-order valence-corrected chi connectivity index (χ4v) is 2.49. The molecule has 0 aromatic carbocycles. The maximum absolute atomic E-state index is 11.9. The summed E-state index contributed by atoms with van der Waals surface area (Å²) in [4.78, 5) is 11.9. The molecule has 0 saturated carbocycles. The van der Waals surface area contributed by atoms with Crippen LogP contribution in [-0.2, 0) is 18.8 Å². The van der Waals surface area contributed by atoms with Crippen LogP contribution in [0.3, 0.4) is 0 Å². The largest absolute Gasteiger partial charge is 0.469 e. The highest BCUT2D eigenvalue weighted by atomic mass is 16.7. The Morgan fingerprint density at radius 1 is 1.20 bits per heavy atom. The lowest BCUT2D eigenvalue weighted by molar-refractivity contribution is -0.145. The molecule has 4 nitrogen and oxygen atoms in total. The maximum atomic E-state index is 11.9. The summed E-state index contributed by atoms with van der Waals surface area (Å²) in [6.07, 6.45) is 3.05. The van der Waals surface area contributed by atoms with Crippen molar-refractivity contribution in [2.75, 3.05) is 7.11 Å². The summed E-state index contributed by atoms with van der Waals surface area (Å²) in [7, 11) is 1.08. The molecule has 1 heterocycles. The van der Waals surface area contributed by atoms with Gasteiger partial charge < -0.3 is 14.0 Å². The summed E-state index contributed by atoms with van der Waals surface area (Å²) in [6, 6.07) is 0. The molecule has 0 aromatic rings. The monoisotopic (exact) mass is 284 g/mol. The predicted octanol–water partition coefficient (Wildman–Crippen LogP) is 3.45. The van der Waals surface area contributed by atoms with Crippen LogP contribution in [0, 0.1) is 5.92 Å². The van der Waals surface area contributed by atoms with E-state index >= 15 is 0 Å². The fraction of sp³-hybridized carbons (Fsp3) is 0.933. The number of hydrogen-bond donors (Lipinski definition) is 0. The third-order valence-electron chi connectivity index (χ3n) is 4.73. The molecule has 1 rings (SSSR count). The number of unbranched alkanes of at least 4 members (excludes halogenated alkanes) is 1. The van der Waals surface area contributed by atoms with Gasteiger partial charge in [-0.1, -0.05) is 33.1 Å². The number of hydrogen-bond acceptors (Lipinski definition) is 4. The Bertz CT molecular complexity index is 325.